The smallest absolute Gasteiger partial charge is 0.300 e. The predicted molar refractivity (Wildman–Crippen MR) is 119 cm³/mol. The highest BCUT2D eigenvalue weighted by Gasteiger charge is 2.47. The molecular formula is C26H19F2NO5. The van der Waals surface area contributed by atoms with E-state index in [2.05, 4.69) is 0 Å². The van der Waals surface area contributed by atoms with Crippen molar-refractivity contribution >= 4 is 23.1 Å². The van der Waals surface area contributed by atoms with E-state index in [1.807, 2.05) is 6.92 Å². The quantitative estimate of drug-likeness (QED) is 0.336. The number of aliphatic hydroxyl groups is 1. The molecular weight excluding hydrogens is 444 g/mol. The summed E-state index contributed by atoms with van der Waals surface area (Å²) in [7, 11) is 0. The van der Waals surface area contributed by atoms with E-state index < -0.39 is 35.1 Å². The third kappa shape index (κ3) is 3.48. The number of anilines is 1. The molecule has 34 heavy (non-hydrogen) atoms. The normalized spacial score (nSPS) is 21.0. The number of fused-ring (bicyclic) bond motifs is 1. The Bertz CT molecular complexity index is 1380. The van der Waals surface area contributed by atoms with Crippen LogP contribution in [0.25, 0.3) is 5.76 Å². The number of aromatic hydroxyl groups is 1. The van der Waals surface area contributed by atoms with Crippen LogP contribution >= 0.6 is 0 Å². The molecule has 1 fully saturated rings. The largest absolute Gasteiger partial charge is 0.508 e. The van der Waals surface area contributed by atoms with E-state index in [0.717, 1.165) is 22.6 Å². The number of ether oxygens (including phenoxy) is 1. The topological polar surface area (TPSA) is 87.1 Å². The molecule has 2 unspecified atom stereocenters. The lowest BCUT2D eigenvalue weighted by molar-refractivity contribution is -0.132. The number of hydrogen-bond acceptors (Lipinski definition) is 5. The van der Waals surface area contributed by atoms with Gasteiger partial charge < -0.3 is 14.9 Å². The summed E-state index contributed by atoms with van der Waals surface area (Å²) in [4.78, 5) is 27.2. The Labute approximate surface area is 193 Å². The fourth-order valence-electron chi connectivity index (χ4n) is 4.47. The van der Waals surface area contributed by atoms with Crippen molar-refractivity contribution in [2.24, 2.45) is 0 Å². The molecule has 8 heteroatoms. The number of benzene rings is 3. The molecule has 2 N–H and O–H groups in total. The number of carbonyl (C=O) groups is 2. The van der Waals surface area contributed by atoms with Crippen LogP contribution in [0, 0.1) is 11.6 Å². The van der Waals surface area contributed by atoms with E-state index in [1.54, 1.807) is 24.3 Å². The molecule has 172 valence electrons. The van der Waals surface area contributed by atoms with Crippen LogP contribution < -0.4 is 9.64 Å². The maximum absolute atomic E-state index is 14.0. The number of ketones is 1. The van der Waals surface area contributed by atoms with Crippen LogP contribution in [0.15, 0.2) is 66.2 Å². The number of rotatable bonds is 3. The molecule has 0 saturated carbocycles. The zero-order chi connectivity index (χ0) is 24.1. The molecule has 2 aliphatic heterocycles. The number of nitrogens with zero attached hydrogens (tertiary/aromatic N) is 1. The number of phenols is 1. The van der Waals surface area contributed by atoms with Crippen molar-refractivity contribution < 1.29 is 33.3 Å². The molecule has 2 atom stereocenters. The van der Waals surface area contributed by atoms with Crippen LogP contribution in [0.4, 0.5) is 14.5 Å². The zero-order valence-electron chi connectivity index (χ0n) is 18.0. The van der Waals surface area contributed by atoms with Crippen molar-refractivity contribution in [1.82, 2.24) is 0 Å². The lowest BCUT2D eigenvalue weighted by atomic mass is 9.94. The Balaban J connectivity index is 1.70. The average Bonchev–Trinajstić information content (AvgIpc) is 3.31. The molecule has 2 heterocycles. The molecule has 6 nitrogen and oxygen atoms in total. The summed E-state index contributed by atoms with van der Waals surface area (Å²) in [5, 5.41) is 21.2. The monoisotopic (exact) mass is 463 g/mol. The van der Waals surface area contributed by atoms with Crippen LogP contribution in [0.3, 0.4) is 0 Å². The molecule has 0 bridgehead atoms. The van der Waals surface area contributed by atoms with Gasteiger partial charge in [0.15, 0.2) is 11.6 Å². The standard InChI is InChI=1S/C26H19F2NO5/c1-13-9-16-10-15(5-8-21(16)34-13)24(31)22-23(14-3-2-4-18(30)11-14)29(26(33)25(22)32)17-6-7-19(27)20(28)12-17/h2-8,10-13,23,30-31H,9H2,1H3/b24-22-. The van der Waals surface area contributed by atoms with Crippen LogP contribution in [-0.4, -0.2) is 28.0 Å². The van der Waals surface area contributed by atoms with Crippen molar-refractivity contribution in [3.8, 4) is 11.5 Å². The van der Waals surface area contributed by atoms with E-state index in [-0.39, 0.29) is 23.1 Å². The van der Waals surface area contributed by atoms with Gasteiger partial charge in [-0.05, 0) is 60.5 Å². The molecule has 0 aromatic heterocycles. The van der Waals surface area contributed by atoms with Crippen molar-refractivity contribution in [2.75, 3.05) is 4.90 Å². The van der Waals surface area contributed by atoms with Gasteiger partial charge in [0.1, 0.15) is 23.4 Å². The van der Waals surface area contributed by atoms with Gasteiger partial charge >= 0.3 is 0 Å². The average molecular weight is 463 g/mol. The van der Waals surface area contributed by atoms with Gasteiger partial charge in [-0.25, -0.2) is 8.78 Å². The lowest BCUT2D eigenvalue weighted by Gasteiger charge is -2.25. The van der Waals surface area contributed by atoms with Crippen LogP contribution in [0.5, 0.6) is 11.5 Å². The van der Waals surface area contributed by atoms with Gasteiger partial charge in [-0.15, -0.1) is 0 Å². The third-order valence-electron chi connectivity index (χ3n) is 5.98. The minimum atomic E-state index is -1.19. The summed E-state index contributed by atoms with van der Waals surface area (Å²) >= 11 is 0. The van der Waals surface area contributed by atoms with Gasteiger partial charge in [0.25, 0.3) is 11.7 Å². The first-order valence-electron chi connectivity index (χ1n) is 10.6. The number of aliphatic hydroxyl groups excluding tert-OH is 1. The maximum atomic E-state index is 14.0. The van der Waals surface area contributed by atoms with E-state index in [0.29, 0.717) is 23.3 Å². The Morgan fingerprint density at radius 1 is 1.03 bits per heavy atom. The summed E-state index contributed by atoms with van der Waals surface area (Å²) in [5.74, 6) is -4.17. The Morgan fingerprint density at radius 2 is 1.82 bits per heavy atom. The third-order valence-corrected chi connectivity index (χ3v) is 5.98. The summed E-state index contributed by atoms with van der Waals surface area (Å²) in [6, 6.07) is 12.4. The highest BCUT2D eigenvalue weighted by molar-refractivity contribution is 6.51. The SMILES string of the molecule is CC1Cc2cc(/C(O)=C3/C(=O)C(=O)N(c4ccc(F)c(F)c4)C3c3cccc(O)c3)ccc2O1. The van der Waals surface area contributed by atoms with Gasteiger partial charge in [0.05, 0.1) is 11.6 Å². The molecule has 0 radical (unpaired) electrons. The van der Waals surface area contributed by atoms with E-state index in [9.17, 15) is 28.6 Å². The Hall–Kier alpha value is -4.20. The lowest BCUT2D eigenvalue weighted by Crippen LogP contribution is -2.29. The highest BCUT2D eigenvalue weighted by Crippen LogP contribution is 2.43. The predicted octanol–water partition coefficient (Wildman–Crippen LogP) is 4.62. The van der Waals surface area contributed by atoms with Gasteiger partial charge in [-0.3, -0.25) is 14.5 Å². The highest BCUT2D eigenvalue weighted by atomic mass is 19.2. The van der Waals surface area contributed by atoms with Crippen molar-refractivity contribution in [1.29, 1.82) is 0 Å². The number of halogens is 2. The minimum absolute atomic E-state index is 0.0290. The van der Waals surface area contributed by atoms with Gasteiger partial charge in [0, 0.05) is 23.7 Å². The summed E-state index contributed by atoms with van der Waals surface area (Å²) in [5.41, 5.74) is 1.17. The summed E-state index contributed by atoms with van der Waals surface area (Å²) < 4.78 is 33.3. The molecule has 3 aromatic carbocycles. The fraction of sp³-hybridized carbons (Fsp3) is 0.154. The number of hydrogen-bond donors (Lipinski definition) is 2. The van der Waals surface area contributed by atoms with Crippen LogP contribution in [-0.2, 0) is 16.0 Å². The van der Waals surface area contributed by atoms with Gasteiger partial charge in [-0.1, -0.05) is 12.1 Å². The Kier molecular flexibility index (Phi) is 5.08. The summed E-state index contributed by atoms with van der Waals surface area (Å²) in [6.07, 6.45) is 0.592. The number of carbonyl (C=O) groups excluding carboxylic acids is 2. The van der Waals surface area contributed by atoms with Crippen LogP contribution in [0.1, 0.15) is 29.7 Å². The number of amides is 1. The van der Waals surface area contributed by atoms with E-state index in [4.69, 9.17) is 4.74 Å². The first kappa shape index (κ1) is 21.6. The van der Waals surface area contributed by atoms with Crippen molar-refractivity contribution in [2.45, 2.75) is 25.5 Å². The van der Waals surface area contributed by atoms with Gasteiger partial charge in [0.2, 0.25) is 0 Å². The first-order valence-corrected chi connectivity index (χ1v) is 10.6. The second-order valence-corrected chi connectivity index (χ2v) is 8.32. The molecule has 5 rings (SSSR count). The molecule has 1 saturated heterocycles. The molecule has 0 aliphatic carbocycles. The molecule has 0 spiro atoms. The van der Waals surface area contributed by atoms with Crippen molar-refractivity contribution in [3.05, 3.63) is 94.6 Å². The molecule has 2 aliphatic rings. The van der Waals surface area contributed by atoms with Gasteiger partial charge in [-0.2, -0.15) is 0 Å². The van der Waals surface area contributed by atoms with E-state index in [1.165, 1.54) is 24.3 Å². The van der Waals surface area contributed by atoms with Crippen molar-refractivity contribution in [3.63, 3.8) is 0 Å². The second-order valence-electron chi connectivity index (χ2n) is 8.32. The number of Topliss-reactive ketones (excluding diaryl/α,β-unsaturated/α-hetero) is 1. The zero-order valence-corrected chi connectivity index (χ0v) is 18.0. The first-order chi connectivity index (χ1) is 16.2. The maximum Gasteiger partial charge on any atom is 0.300 e. The van der Waals surface area contributed by atoms with Crippen LogP contribution in [0.2, 0.25) is 0 Å². The fourth-order valence-corrected chi connectivity index (χ4v) is 4.47. The van der Waals surface area contributed by atoms with E-state index >= 15 is 0 Å². The second kappa shape index (κ2) is 7.98. The minimum Gasteiger partial charge on any atom is -0.508 e. The Morgan fingerprint density at radius 3 is 2.56 bits per heavy atom. The number of phenolic OH excluding ortho intramolecular Hbond substituents is 1. The summed E-state index contributed by atoms with van der Waals surface area (Å²) in [6.45, 7) is 1.91. The molecule has 3 aromatic rings. The molecule has 1 amide bonds.